The first-order valence-corrected chi connectivity index (χ1v) is 10.1. The van der Waals surface area contributed by atoms with Crippen molar-refractivity contribution in [2.45, 2.75) is 33.9 Å². The van der Waals surface area contributed by atoms with Crippen LogP contribution in [0.25, 0.3) is 6.08 Å². The van der Waals surface area contributed by atoms with Crippen molar-refractivity contribution in [3.05, 3.63) is 81.6 Å². The van der Waals surface area contributed by atoms with Crippen molar-refractivity contribution in [2.24, 2.45) is 0 Å². The summed E-state index contributed by atoms with van der Waals surface area (Å²) in [5.74, 6) is 1.42. The maximum absolute atomic E-state index is 12.6. The highest BCUT2D eigenvalue weighted by Crippen LogP contribution is 2.26. The summed E-state index contributed by atoms with van der Waals surface area (Å²) in [5, 5.41) is 5.00. The number of allylic oxidation sites excluding steroid dienone is 1. The van der Waals surface area contributed by atoms with Crippen LogP contribution >= 0.6 is 11.6 Å². The van der Waals surface area contributed by atoms with Gasteiger partial charge in [-0.25, -0.2) is 0 Å². The molecule has 0 saturated carbocycles. The molecular formula is C24H25ClN2O3. The molecule has 0 aliphatic carbocycles. The second-order valence-corrected chi connectivity index (χ2v) is 7.39. The molecule has 5 nitrogen and oxygen atoms in total. The summed E-state index contributed by atoms with van der Waals surface area (Å²) in [6.07, 6.45) is 5.14. The van der Waals surface area contributed by atoms with Crippen LogP contribution in [0.15, 0.2) is 48.7 Å². The Balaban J connectivity index is 1.77. The SMILES string of the molecule is CCn1cc(C(=O)/C=C/c2ccc(OC)c(COc3ccc(Cl)cc3C)c2)c(C)n1. The first-order valence-electron chi connectivity index (χ1n) is 9.73. The zero-order valence-corrected chi connectivity index (χ0v) is 18.4. The van der Waals surface area contributed by atoms with E-state index < -0.39 is 0 Å². The van der Waals surface area contributed by atoms with Crippen molar-refractivity contribution >= 4 is 23.5 Å². The van der Waals surface area contributed by atoms with Crippen molar-refractivity contribution in [1.82, 2.24) is 9.78 Å². The number of benzene rings is 2. The number of carbonyl (C=O) groups is 1. The van der Waals surface area contributed by atoms with Crippen LogP contribution in [0.5, 0.6) is 11.5 Å². The van der Waals surface area contributed by atoms with Gasteiger partial charge in [-0.05, 0) is 68.3 Å². The molecule has 0 amide bonds. The molecule has 0 saturated heterocycles. The highest BCUT2D eigenvalue weighted by Gasteiger charge is 2.11. The van der Waals surface area contributed by atoms with Crippen LogP contribution < -0.4 is 9.47 Å². The molecule has 0 bridgehead atoms. The van der Waals surface area contributed by atoms with Gasteiger partial charge in [0, 0.05) is 23.3 Å². The zero-order valence-electron chi connectivity index (χ0n) is 17.6. The standard InChI is InChI=1S/C24H25ClN2O3/c1-5-27-14-21(17(3)26-27)22(28)9-6-18-7-10-24(29-4)19(13-18)15-30-23-11-8-20(25)12-16(23)2/h6-14H,5,15H2,1-4H3/b9-6+. The van der Waals surface area contributed by atoms with E-state index in [-0.39, 0.29) is 5.78 Å². The molecule has 0 aliphatic rings. The summed E-state index contributed by atoms with van der Waals surface area (Å²) < 4.78 is 13.2. The van der Waals surface area contributed by atoms with Gasteiger partial charge in [0.15, 0.2) is 5.78 Å². The number of carbonyl (C=O) groups excluding carboxylic acids is 1. The molecule has 6 heteroatoms. The van der Waals surface area contributed by atoms with Gasteiger partial charge in [-0.3, -0.25) is 9.48 Å². The third kappa shape index (κ3) is 5.10. The molecule has 0 aliphatic heterocycles. The van der Waals surface area contributed by atoms with Gasteiger partial charge in [0.25, 0.3) is 0 Å². The van der Waals surface area contributed by atoms with Crippen LogP contribution in [0, 0.1) is 13.8 Å². The number of hydrogen-bond acceptors (Lipinski definition) is 4. The lowest BCUT2D eigenvalue weighted by Crippen LogP contribution is -2.00. The van der Waals surface area contributed by atoms with E-state index in [1.807, 2.05) is 51.1 Å². The van der Waals surface area contributed by atoms with Crippen LogP contribution in [0.2, 0.25) is 5.02 Å². The topological polar surface area (TPSA) is 53.4 Å². The Morgan fingerprint density at radius 1 is 1.17 bits per heavy atom. The first kappa shape index (κ1) is 21.7. The van der Waals surface area contributed by atoms with Crippen LogP contribution in [0.4, 0.5) is 0 Å². The number of ether oxygens (including phenoxy) is 2. The number of rotatable bonds is 8. The fraction of sp³-hybridized carbons (Fsp3) is 0.250. The summed E-state index contributed by atoms with van der Waals surface area (Å²) in [5.41, 5.74) is 4.08. The second-order valence-electron chi connectivity index (χ2n) is 6.95. The zero-order chi connectivity index (χ0) is 21.7. The van der Waals surface area contributed by atoms with Gasteiger partial charge < -0.3 is 9.47 Å². The summed E-state index contributed by atoms with van der Waals surface area (Å²) >= 11 is 6.01. The lowest BCUT2D eigenvalue weighted by atomic mass is 10.1. The van der Waals surface area contributed by atoms with Crippen molar-refractivity contribution in [3.63, 3.8) is 0 Å². The molecule has 0 spiro atoms. The van der Waals surface area contributed by atoms with E-state index in [1.165, 1.54) is 0 Å². The fourth-order valence-electron chi connectivity index (χ4n) is 3.13. The van der Waals surface area contributed by atoms with E-state index >= 15 is 0 Å². The Labute approximate surface area is 181 Å². The minimum atomic E-state index is -0.0717. The summed E-state index contributed by atoms with van der Waals surface area (Å²) in [6.45, 7) is 6.85. The molecule has 2 aromatic carbocycles. The molecular weight excluding hydrogens is 400 g/mol. The normalized spacial score (nSPS) is 11.1. The number of aromatic nitrogens is 2. The lowest BCUT2D eigenvalue weighted by Gasteiger charge is -2.13. The first-order chi connectivity index (χ1) is 14.4. The van der Waals surface area contributed by atoms with Crippen LogP contribution in [0.3, 0.4) is 0 Å². The molecule has 1 aromatic heterocycles. The van der Waals surface area contributed by atoms with Crippen molar-refractivity contribution < 1.29 is 14.3 Å². The Morgan fingerprint density at radius 3 is 2.60 bits per heavy atom. The van der Waals surface area contributed by atoms with E-state index in [4.69, 9.17) is 21.1 Å². The number of methoxy groups -OCH3 is 1. The molecule has 0 atom stereocenters. The predicted octanol–water partition coefficient (Wildman–Crippen LogP) is 5.66. The molecule has 0 fully saturated rings. The lowest BCUT2D eigenvalue weighted by molar-refractivity contribution is 0.104. The molecule has 1 heterocycles. The molecule has 156 valence electrons. The third-order valence-corrected chi connectivity index (χ3v) is 5.02. The molecule has 3 aromatic rings. The van der Waals surface area contributed by atoms with E-state index in [2.05, 4.69) is 5.10 Å². The highest BCUT2D eigenvalue weighted by atomic mass is 35.5. The molecule has 0 unspecified atom stereocenters. The van der Waals surface area contributed by atoms with Crippen molar-refractivity contribution in [1.29, 1.82) is 0 Å². The second kappa shape index (κ2) is 9.63. The van der Waals surface area contributed by atoms with E-state index in [0.29, 0.717) is 17.2 Å². The summed E-state index contributed by atoms with van der Waals surface area (Å²) in [7, 11) is 1.62. The van der Waals surface area contributed by atoms with Gasteiger partial charge in [-0.15, -0.1) is 0 Å². The quantitative estimate of drug-likeness (QED) is 0.346. The maximum Gasteiger partial charge on any atom is 0.189 e. The van der Waals surface area contributed by atoms with Gasteiger partial charge in [-0.1, -0.05) is 23.7 Å². The van der Waals surface area contributed by atoms with E-state index in [1.54, 1.807) is 36.2 Å². The van der Waals surface area contributed by atoms with E-state index in [0.717, 1.165) is 40.4 Å². The number of hydrogen-bond donors (Lipinski definition) is 0. The van der Waals surface area contributed by atoms with Gasteiger partial charge in [-0.2, -0.15) is 5.10 Å². The van der Waals surface area contributed by atoms with Crippen LogP contribution in [0.1, 0.15) is 39.7 Å². The Bertz CT molecular complexity index is 1090. The van der Waals surface area contributed by atoms with E-state index in [9.17, 15) is 4.79 Å². The highest BCUT2D eigenvalue weighted by molar-refractivity contribution is 6.30. The number of aryl methyl sites for hydroxylation is 3. The fourth-order valence-corrected chi connectivity index (χ4v) is 3.36. The Morgan fingerprint density at radius 2 is 1.93 bits per heavy atom. The predicted molar refractivity (Wildman–Crippen MR) is 120 cm³/mol. The van der Waals surface area contributed by atoms with Gasteiger partial charge in [0.05, 0.1) is 18.4 Å². The van der Waals surface area contributed by atoms with Crippen LogP contribution in [-0.2, 0) is 13.2 Å². The average molecular weight is 425 g/mol. The smallest absolute Gasteiger partial charge is 0.189 e. The monoisotopic (exact) mass is 424 g/mol. The summed E-state index contributed by atoms with van der Waals surface area (Å²) in [4.78, 5) is 12.6. The minimum absolute atomic E-state index is 0.0717. The Kier molecular flexibility index (Phi) is 6.95. The Hall–Kier alpha value is -3.05. The largest absolute Gasteiger partial charge is 0.496 e. The molecule has 30 heavy (non-hydrogen) atoms. The number of nitrogens with zero attached hydrogens (tertiary/aromatic N) is 2. The van der Waals surface area contributed by atoms with Gasteiger partial charge >= 0.3 is 0 Å². The van der Waals surface area contributed by atoms with Crippen molar-refractivity contribution in [3.8, 4) is 11.5 Å². The van der Waals surface area contributed by atoms with Crippen LogP contribution in [-0.4, -0.2) is 22.7 Å². The molecule has 0 radical (unpaired) electrons. The summed E-state index contributed by atoms with van der Waals surface area (Å²) in [6, 6.07) is 11.2. The minimum Gasteiger partial charge on any atom is -0.496 e. The third-order valence-electron chi connectivity index (χ3n) is 4.79. The number of ketones is 1. The maximum atomic E-state index is 12.6. The van der Waals surface area contributed by atoms with Gasteiger partial charge in [0.1, 0.15) is 18.1 Å². The molecule has 3 rings (SSSR count). The molecule has 0 N–H and O–H groups in total. The van der Waals surface area contributed by atoms with Gasteiger partial charge in [0.2, 0.25) is 0 Å². The average Bonchev–Trinajstić information content (AvgIpc) is 3.12. The van der Waals surface area contributed by atoms with Crippen molar-refractivity contribution in [2.75, 3.05) is 7.11 Å². The number of halogens is 1.